The summed E-state index contributed by atoms with van der Waals surface area (Å²) in [5, 5.41) is 0.706. The number of aryl methyl sites for hydroxylation is 2. The molecule has 0 amide bonds. The van der Waals surface area contributed by atoms with Gasteiger partial charge in [-0.1, -0.05) is 12.1 Å². The van der Waals surface area contributed by atoms with Gasteiger partial charge in [-0.05, 0) is 38.5 Å². The van der Waals surface area contributed by atoms with Crippen molar-refractivity contribution in [2.45, 2.75) is 26.8 Å². The number of benzene rings is 1. The summed E-state index contributed by atoms with van der Waals surface area (Å²) in [6.45, 7) is 9.13. The van der Waals surface area contributed by atoms with Gasteiger partial charge in [0.15, 0.2) is 0 Å². The number of fused-ring (bicyclic) bond motifs is 1. The third kappa shape index (κ3) is 3.26. The number of H-pyrrole nitrogens is 1. The molecule has 3 heterocycles. The molecular formula is C20H23FN4OS. The first kappa shape index (κ1) is 18.1. The Morgan fingerprint density at radius 2 is 1.89 bits per heavy atom. The first-order chi connectivity index (χ1) is 13.0. The van der Waals surface area contributed by atoms with Gasteiger partial charge < -0.3 is 9.88 Å². The average molecular weight is 386 g/mol. The fraction of sp³-hybridized carbons (Fsp3) is 0.400. The minimum atomic E-state index is -0.182. The van der Waals surface area contributed by atoms with Gasteiger partial charge in [0, 0.05) is 31.1 Å². The number of hydrogen-bond donors (Lipinski definition) is 1. The Kier molecular flexibility index (Phi) is 4.74. The number of aromatic amines is 1. The maximum absolute atomic E-state index is 14.0. The molecule has 7 heteroatoms. The van der Waals surface area contributed by atoms with Crippen molar-refractivity contribution in [1.29, 1.82) is 0 Å². The molecule has 1 N–H and O–H groups in total. The number of halogens is 1. The Hall–Kier alpha value is -2.25. The zero-order valence-corrected chi connectivity index (χ0v) is 16.6. The van der Waals surface area contributed by atoms with Crippen LogP contribution in [-0.4, -0.2) is 41.0 Å². The maximum Gasteiger partial charge on any atom is 0.259 e. The molecule has 4 rings (SSSR count). The fourth-order valence-corrected chi connectivity index (χ4v) is 4.74. The second-order valence-corrected chi connectivity index (χ2v) is 8.27. The number of nitrogens with zero attached hydrogens (tertiary/aromatic N) is 3. The quantitative estimate of drug-likeness (QED) is 0.747. The van der Waals surface area contributed by atoms with Gasteiger partial charge in [0.05, 0.1) is 17.1 Å². The number of anilines is 1. The SMILES string of the molecule is Cc1sc2nc([C@H](C)N3CCN(c4ccccc4F)CC3)[nH]c(=O)c2c1C. The van der Waals surface area contributed by atoms with Crippen molar-refractivity contribution in [2.24, 2.45) is 0 Å². The highest BCUT2D eigenvalue weighted by Gasteiger charge is 2.25. The number of hydrogen-bond acceptors (Lipinski definition) is 5. The Bertz CT molecular complexity index is 1040. The van der Waals surface area contributed by atoms with E-state index < -0.39 is 0 Å². The lowest BCUT2D eigenvalue weighted by atomic mass is 10.2. The molecule has 142 valence electrons. The van der Waals surface area contributed by atoms with E-state index in [1.165, 1.54) is 6.07 Å². The van der Waals surface area contributed by atoms with Crippen molar-refractivity contribution >= 4 is 27.2 Å². The molecule has 3 aromatic rings. The van der Waals surface area contributed by atoms with Crippen molar-refractivity contribution in [3.8, 4) is 0 Å². The number of piperazine rings is 1. The first-order valence-corrected chi connectivity index (χ1v) is 10.0. The Morgan fingerprint density at radius 1 is 1.19 bits per heavy atom. The summed E-state index contributed by atoms with van der Waals surface area (Å²) >= 11 is 1.57. The predicted molar refractivity (Wildman–Crippen MR) is 108 cm³/mol. The average Bonchev–Trinajstić information content (AvgIpc) is 2.96. The van der Waals surface area contributed by atoms with Crippen molar-refractivity contribution in [3.63, 3.8) is 0 Å². The Balaban J connectivity index is 1.53. The molecule has 5 nitrogen and oxygen atoms in total. The number of nitrogens with one attached hydrogen (secondary N) is 1. The molecule has 0 spiro atoms. The van der Waals surface area contributed by atoms with E-state index in [2.05, 4.69) is 21.7 Å². The minimum absolute atomic E-state index is 0.00702. The van der Waals surface area contributed by atoms with Gasteiger partial charge in [-0.25, -0.2) is 9.37 Å². The standard InChI is InChI=1S/C20H23FN4OS/c1-12-14(3)27-20-17(12)19(26)22-18(23-20)13(2)24-8-10-25(11-9-24)16-7-5-4-6-15(16)21/h4-7,13H,8-11H2,1-3H3,(H,22,23,26)/t13-/m0/s1. The summed E-state index contributed by atoms with van der Waals surface area (Å²) in [6.07, 6.45) is 0. The van der Waals surface area contributed by atoms with Crippen LogP contribution in [0.15, 0.2) is 29.1 Å². The number of para-hydroxylation sites is 1. The largest absolute Gasteiger partial charge is 0.367 e. The number of aromatic nitrogens is 2. The Labute approximate surface area is 161 Å². The van der Waals surface area contributed by atoms with Crippen LogP contribution in [-0.2, 0) is 0 Å². The molecule has 0 saturated carbocycles. The van der Waals surface area contributed by atoms with E-state index in [0.717, 1.165) is 41.5 Å². The minimum Gasteiger partial charge on any atom is -0.367 e. The van der Waals surface area contributed by atoms with E-state index in [1.807, 2.05) is 26.0 Å². The van der Waals surface area contributed by atoms with Crippen LogP contribution in [0.4, 0.5) is 10.1 Å². The lowest BCUT2D eigenvalue weighted by Gasteiger charge is -2.38. The molecule has 1 aliphatic heterocycles. The summed E-state index contributed by atoms with van der Waals surface area (Å²) in [5.41, 5.74) is 1.61. The van der Waals surface area contributed by atoms with E-state index in [1.54, 1.807) is 17.4 Å². The molecule has 27 heavy (non-hydrogen) atoms. The monoisotopic (exact) mass is 386 g/mol. The van der Waals surface area contributed by atoms with Crippen LogP contribution in [0.1, 0.15) is 29.2 Å². The van der Waals surface area contributed by atoms with Gasteiger partial charge in [-0.3, -0.25) is 9.69 Å². The highest BCUT2D eigenvalue weighted by Crippen LogP contribution is 2.28. The summed E-state index contributed by atoms with van der Waals surface area (Å²) in [4.78, 5) is 26.5. The van der Waals surface area contributed by atoms with Crippen LogP contribution in [0, 0.1) is 19.7 Å². The second kappa shape index (κ2) is 7.05. The summed E-state index contributed by atoms with van der Waals surface area (Å²) in [6, 6.07) is 6.90. The molecule has 1 aromatic carbocycles. The molecule has 1 saturated heterocycles. The maximum atomic E-state index is 14.0. The lowest BCUT2D eigenvalue weighted by Crippen LogP contribution is -2.47. The topological polar surface area (TPSA) is 52.2 Å². The van der Waals surface area contributed by atoms with E-state index in [0.29, 0.717) is 16.9 Å². The zero-order chi connectivity index (χ0) is 19.1. The van der Waals surface area contributed by atoms with Gasteiger partial charge in [0.2, 0.25) is 0 Å². The predicted octanol–water partition coefficient (Wildman–Crippen LogP) is 3.62. The normalized spacial score (nSPS) is 16.8. The van der Waals surface area contributed by atoms with Crippen LogP contribution in [0.5, 0.6) is 0 Å². The highest BCUT2D eigenvalue weighted by molar-refractivity contribution is 7.18. The van der Waals surface area contributed by atoms with Gasteiger partial charge in [0.1, 0.15) is 16.5 Å². The smallest absolute Gasteiger partial charge is 0.259 e. The van der Waals surface area contributed by atoms with Gasteiger partial charge >= 0.3 is 0 Å². The van der Waals surface area contributed by atoms with E-state index in [9.17, 15) is 9.18 Å². The van der Waals surface area contributed by atoms with Crippen molar-refractivity contribution in [2.75, 3.05) is 31.1 Å². The molecule has 0 bridgehead atoms. The summed E-state index contributed by atoms with van der Waals surface area (Å²) in [5.74, 6) is 0.520. The van der Waals surface area contributed by atoms with Crippen LogP contribution in [0.3, 0.4) is 0 Å². The van der Waals surface area contributed by atoms with Crippen LogP contribution in [0.25, 0.3) is 10.2 Å². The summed E-state index contributed by atoms with van der Waals surface area (Å²) in [7, 11) is 0. The molecule has 0 aliphatic carbocycles. The zero-order valence-electron chi connectivity index (χ0n) is 15.8. The molecule has 1 fully saturated rings. The van der Waals surface area contributed by atoms with Gasteiger partial charge in [0.25, 0.3) is 5.56 Å². The third-order valence-corrected chi connectivity index (χ3v) is 6.61. The van der Waals surface area contributed by atoms with Crippen LogP contribution < -0.4 is 10.5 Å². The molecule has 1 atom stereocenters. The van der Waals surface area contributed by atoms with Crippen LogP contribution in [0.2, 0.25) is 0 Å². The number of rotatable bonds is 3. The fourth-order valence-electron chi connectivity index (χ4n) is 3.70. The van der Waals surface area contributed by atoms with Crippen molar-refractivity contribution in [3.05, 3.63) is 56.7 Å². The lowest BCUT2D eigenvalue weighted by molar-refractivity contribution is 0.191. The molecule has 0 radical (unpaired) electrons. The van der Waals surface area contributed by atoms with E-state index in [4.69, 9.17) is 4.98 Å². The molecular weight excluding hydrogens is 363 g/mol. The highest BCUT2D eigenvalue weighted by atomic mass is 32.1. The molecule has 0 unspecified atom stereocenters. The van der Waals surface area contributed by atoms with Gasteiger partial charge in [-0.2, -0.15) is 0 Å². The van der Waals surface area contributed by atoms with E-state index >= 15 is 0 Å². The van der Waals surface area contributed by atoms with Crippen LogP contribution >= 0.6 is 11.3 Å². The van der Waals surface area contributed by atoms with Crippen molar-refractivity contribution < 1.29 is 4.39 Å². The number of thiophene rings is 1. The first-order valence-electron chi connectivity index (χ1n) is 9.19. The Morgan fingerprint density at radius 3 is 2.59 bits per heavy atom. The second-order valence-electron chi connectivity index (χ2n) is 7.06. The summed E-state index contributed by atoms with van der Waals surface area (Å²) < 4.78 is 14.0. The molecule has 2 aromatic heterocycles. The van der Waals surface area contributed by atoms with Crippen molar-refractivity contribution in [1.82, 2.24) is 14.9 Å². The third-order valence-electron chi connectivity index (χ3n) is 5.51. The molecule has 1 aliphatic rings. The van der Waals surface area contributed by atoms with Gasteiger partial charge in [-0.15, -0.1) is 11.3 Å². The van der Waals surface area contributed by atoms with E-state index in [-0.39, 0.29) is 17.4 Å².